The fraction of sp³-hybridized carbons (Fsp3) is 0.571. The van der Waals surface area contributed by atoms with Gasteiger partial charge in [-0.25, -0.2) is 0 Å². The van der Waals surface area contributed by atoms with Crippen LogP contribution in [-0.2, 0) is 0 Å². The third kappa shape index (κ3) is 2.17. The molecule has 1 aliphatic carbocycles. The summed E-state index contributed by atoms with van der Waals surface area (Å²) in [6.07, 6.45) is 5.64. The Kier molecular flexibility index (Phi) is 2.90. The minimum Gasteiger partial charge on any atom is -0.0625 e. The van der Waals surface area contributed by atoms with Gasteiger partial charge in [0, 0.05) is 0 Å². The summed E-state index contributed by atoms with van der Waals surface area (Å²) in [4.78, 5) is 0. The summed E-state index contributed by atoms with van der Waals surface area (Å²) in [5.74, 6) is 1.76. The minimum atomic E-state index is 0.833. The number of hydrogen-bond acceptors (Lipinski definition) is 0. The maximum absolute atomic E-state index is 2.39. The Hall–Kier alpha value is -0.780. The second-order valence-corrected chi connectivity index (χ2v) is 4.88. The lowest BCUT2D eigenvalue weighted by Gasteiger charge is -2.27. The van der Waals surface area contributed by atoms with Gasteiger partial charge in [0.1, 0.15) is 0 Å². The van der Waals surface area contributed by atoms with Crippen molar-refractivity contribution in [3.8, 4) is 0 Å². The Morgan fingerprint density at radius 1 is 1.07 bits per heavy atom. The maximum atomic E-state index is 2.39. The molecule has 0 aliphatic heterocycles. The molecule has 1 aromatic rings. The van der Waals surface area contributed by atoms with Crippen LogP contribution in [0.15, 0.2) is 24.3 Å². The van der Waals surface area contributed by atoms with Crippen LogP contribution in [0.2, 0.25) is 0 Å². The number of benzene rings is 1. The highest BCUT2D eigenvalue weighted by Crippen LogP contribution is 2.35. The second kappa shape index (κ2) is 4.16. The molecule has 1 saturated carbocycles. The molecule has 1 fully saturated rings. The van der Waals surface area contributed by atoms with Crippen molar-refractivity contribution in [3.63, 3.8) is 0 Å². The van der Waals surface area contributed by atoms with Crippen molar-refractivity contribution in [1.82, 2.24) is 0 Å². The predicted molar refractivity (Wildman–Crippen MR) is 61.6 cm³/mol. The van der Waals surface area contributed by atoms with Gasteiger partial charge in [0.15, 0.2) is 0 Å². The molecule has 0 nitrogen and oxygen atoms in total. The van der Waals surface area contributed by atoms with E-state index in [0.717, 1.165) is 11.8 Å². The van der Waals surface area contributed by atoms with E-state index in [0.29, 0.717) is 0 Å². The third-order valence-electron chi connectivity index (χ3n) is 3.49. The first kappa shape index (κ1) is 9.76. The Morgan fingerprint density at radius 3 is 2.43 bits per heavy atom. The molecule has 14 heavy (non-hydrogen) atoms. The Labute approximate surface area is 87.3 Å². The molecular weight excluding hydrogens is 168 g/mol. The van der Waals surface area contributed by atoms with E-state index < -0.39 is 0 Å². The average Bonchev–Trinajstić information content (AvgIpc) is 2.19. The first-order valence-corrected chi connectivity index (χ1v) is 5.82. The van der Waals surface area contributed by atoms with E-state index in [9.17, 15) is 0 Å². The van der Waals surface area contributed by atoms with E-state index in [1.54, 1.807) is 5.56 Å². The summed E-state index contributed by atoms with van der Waals surface area (Å²) in [7, 11) is 0. The fourth-order valence-corrected chi connectivity index (χ4v) is 2.58. The van der Waals surface area contributed by atoms with Crippen molar-refractivity contribution < 1.29 is 0 Å². The Morgan fingerprint density at radius 2 is 1.79 bits per heavy atom. The van der Waals surface area contributed by atoms with Gasteiger partial charge in [0.25, 0.3) is 0 Å². The monoisotopic (exact) mass is 188 g/mol. The largest absolute Gasteiger partial charge is 0.0625 e. The summed E-state index contributed by atoms with van der Waals surface area (Å²) >= 11 is 0. The highest BCUT2D eigenvalue weighted by Gasteiger charge is 2.19. The molecule has 0 heterocycles. The van der Waals surface area contributed by atoms with Crippen LogP contribution in [0.25, 0.3) is 0 Å². The molecule has 76 valence electrons. The molecule has 0 bridgehead atoms. The van der Waals surface area contributed by atoms with Gasteiger partial charge in [-0.05, 0) is 37.2 Å². The lowest BCUT2D eigenvalue weighted by molar-refractivity contribution is 0.344. The van der Waals surface area contributed by atoms with E-state index in [1.807, 2.05) is 0 Å². The molecule has 0 heteroatoms. The zero-order chi connectivity index (χ0) is 9.97. The second-order valence-electron chi connectivity index (χ2n) is 4.88. The van der Waals surface area contributed by atoms with Crippen LogP contribution in [0, 0.1) is 12.8 Å². The van der Waals surface area contributed by atoms with Crippen molar-refractivity contribution in [3.05, 3.63) is 35.4 Å². The van der Waals surface area contributed by atoms with Gasteiger partial charge >= 0.3 is 0 Å². The predicted octanol–water partition coefficient (Wildman–Crippen LogP) is 4.29. The molecule has 0 amide bonds. The molecule has 1 aromatic carbocycles. The standard InChI is InChI=1S/C14H20/c1-11-6-8-13(9-7-11)14-5-3-4-12(2)10-14/h6-9,12,14H,3-5,10H2,1-2H3. The summed E-state index contributed by atoms with van der Waals surface area (Å²) in [5, 5.41) is 0. The molecule has 2 unspecified atom stereocenters. The van der Waals surface area contributed by atoms with E-state index in [1.165, 1.54) is 31.2 Å². The van der Waals surface area contributed by atoms with Crippen LogP contribution in [0.3, 0.4) is 0 Å². The van der Waals surface area contributed by atoms with Crippen LogP contribution >= 0.6 is 0 Å². The van der Waals surface area contributed by atoms with Crippen molar-refractivity contribution >= 4 is 0 Å². The van der Waals surface area contributed by atoms with Gasteiger partial charge < -0.3 is 0 Å². The van der Waals surface area contributed by atoms with E-state index in [4.69, 9.17) is 0 Å². The molecule has 2 atom stereocenters. The van der Waals surface area contributed by atoms with Crippen LogP contribution in [0.1, 0.15) is 49.7 Å². The number of hydrogen-bond donors (Lipinski definition) is 0. The molecule has 0 radical (unpaired) electrons. The SMILES string of the molecule is Cc1ccc(C2CCCC(C)C2)cc1. The molecule has 2 rings (SSSR count). The Balaban J connectivity index is 2.10. The van der Waals surface area contributed by atoms with Crippen molar-refractivity contribution in [2.24, 2.45) is 5.92 Å². The summed E-state index contributed by atoms with van der Waals surface area (Å²) < 4.78 is 0. The maximum Gasteiger partial charge on any atom is -0.0159 e. The van der Waals surface area contributed by atoms with Gasteiger partial charge in [-0.2, -0.15) is 0 Å². The van der Waals surface area contributed by atoms with Crippen molar-refractivity contribution in [2.45, 2.75) is 45.4 Å². The minimum absolute atomic E-state index is 0.833. The quantitative estimate of drug-likeness (QED) is 0.616. The molecule has 0 N–H and O–H groups in total. The fourth-order valence-electron chi connectivity index (χ4n) is 2.58. The Bertz CT molecular complexity index is 283. The van der Waals surface area contributed by atoms with Crippen LogP contribution < -0.4 is 0 Å². The highest BCUT2D eigenvalue weighted by molar-refractivity contribution is 5.24. The van der Waals surface area contributed by atoms with Crippen molar-refractivity contribution in [2.75, 3.05) is 0 Å². The molecule has 0 spiro atoms. The van der Waals surface area contributed by atoms with Gasteiger partial charge in [-0.1, -0.05) is 49.6 Å². The van der Waals surface area contributed by atoms with Gasteiger partial charge in [-0.15, -0.1) is 0 Å². The normalized spacial score (nSPS) is 27.6. The van der Waals surface area contributed by atoms with E-state index in [2.05, 4.69) is 38.1 Å². The molecule has 1 aliphatic rings. The number of aryl methyl sites for hydroxylation is 1. The smallest absolute Gasteiger partial charge is 0.0159 e. The van der Waals surface area contributed by atoms with Gasteiger partial charge in [0.05, 0.1) is 0 Å². The summed E-state index contributed by atoms with van der Waals surface area (Å²) in [6.45, 7) is 4.55. The van der Waals surface area contributed by atoms with E-state index in [-0.39, 0.29) is 0 Å². The first-order valence-electron chi connectivity index (χ1n) is 5.82. The molecular formula is C14H20. The van der Waals surface area contributed by atoms with Crippen LogP contribution in [-0.4, -0.2) is 0 Å². The average molecular weight is 188 g/mol. The highest BCUT2D eigenvalue weighted by atomic mass is 14.2. The van der Waals surface area contributed by atoms with Gasteiger partial charge in [0.2, 0.25) is 0 Å². The van der Waals surface area contributed by atoms with Crippen LogP contribution in [0.5, 0.6) is 0 Å². The zero-order valence-corrected chi connectivity index (χ0v) is 9.29. The van der Waals surface area contributed by atoms with Gasteiger partial charge in [-0.3, -0.25) is 0 Å². The van der Waals surface area contributed by atoms with E-state index >= 15 is 0 Å². The zero-order valence-electron chi connectivity index (χ0n) is 9.29. The summed E-state index contributed by atoms with van der Waals surface area (Å²) in [5.41, 5.74) is 2.93. The first-order chi connectivity index (χ1) is 6.75. The molecule has 0 aromatic heterocycles. The lowest BCUT2D eigenvalue weighted by Crippen LogP contribution is -2.11. The topological polar surface area (TPSA) is 0 Å². The lowest BCUT2D eigenvalue weighted by atomic mass is 9.79. The van der Waals surface area contributed by atoms with Crippen LogP contribution in [0.4, 0.5) is 0 Å². The third-order valence-corrected chi connectivity index (χ3v) is 3.49. The van der Waals surface area contributed by atoms with Crippen molar-refractivity contribution in [1.29, 1.82) is 0 Å². The molecule has 0 saturated heterocycles. The summed E-state index contributed by atoms with van der Waals surface area (Å²) in [6, 6.07) is 9.12. The number of rotatable bonds is 1.